The van der Waals surface area contributed by atoms with Crippen molar-refractivity contribution in [3.63, 3.8) is 0 Å². The molecule has 1 aromatic carbocycles. The molecule has 1 heterocycles. The van der Waals surface area contributed by atoms with E-state index in [1.165, 1.54) is 19.2 Å². The van der Waals surface area contributed by atoms with E-state index in [4.69, 9.17) is 9.47 Å². The monoisotopic (exact) mass is 335 g/mol. The highest BCUT2D eigenvalue weighted by Crippen LogP contribution is 2.28. The summed E-state index contributed by atoms with van der Waals surface area (Å²) in [5.41, 5.74) is 0.829. The summed E-state index contributed by atoms with van der Waals surface area (Å²) >= 11 is 0. The number of nitrogens with one attached hydrogen (secondary N) is 2. The van der Waals surface area contributed by atoms with Gasteiger partial charge >= 0.3 is 6.09 Å². The molecule has 2 aromatic rings. The Hall–Kier alpha value is -2.57. The van der Waals surface area contributed by atoms with Crippen LogP contribution in [-0.4, -0.2) is 35.3 Å². The number of methoxy groups -OCH3 is 1. The van der Waals surface area contributed by atoms with Crippen LogP contribution in [0.4, 0.5) is 9.18 Å². The summed E-state index contributed by atoms with van der Waals surface area (Å²) in [6, 6.07) is 4.24. The largest absolute Gasteiger partial charge is 0.496 e. The Kier molecular flexibility index (Phi) is 5.43. The highest BCUT2D eigenvalue weighted by molar-refractivity contribution is 5.67. The Bertz CT molecular complexity index is 707. The van der Waals surface area contributed by atoms with Gasteiger partial charge in [0, 0.05) is 24.9 Å². The summed E-state index contributed by atoms with van der Waals surface area (Å²) in [6.45, 7) is 5.82. The molecule has 24 heavy (non-hydrogen) atoms. The molecule has 0 aliphatic rings. The van der Waals surface area contributed by atoms with E-state index in [0.29, 0.717) is 30.1 Å². The van der Waals surface area contributed by atoms with Crippen molar-refractivity contribution in [3.05, 3.63) is 35.9 Å². The number of alkyl carbamates (subject to hydrolysis) is 1. The predicted molar refractivity (Wildman–Crippen MR) is 88.5 cm³/mol. The van der Waals surface area contributed by atoms with Gasteiger partial charge in [-0.1, -0.05) is 0 Å². The number of amides is 1. The third-order valence-electron chi connectivity index (χ3n) is 3.11. The molecule has 1 aromatic heterocycles. The number of imidazole rings is 1. The maximum Gasteiger partial charge on any atom is 0.407 e. The molecule has 6 nitrogen and oxygen atoms in total. The van der Waals surface area contributed by atoms with Crippen molar-refractivity contribution in [2.45, 2.75) is 32.8 Å². The maximum atomic E-state index is 13.4. The number of ether oxygens (including phenoxy) is 2. The number of rotatable bonds is 5. The van der Waals surface area contributed by atoms with E-state index < -0.39 is 11.7 Å². The van der Waals surface area contributed by atoms with Crippen LogP contribution in [-0.2, 0) is 11.2 Å². The molecular formula is C17H22FN3O3. The third kappa shape index (κ3) is 4.97. The van der Waals surface area contributed by atoms with Gasteiger partial charge in [0.25, 0.3) is 0 Å². The third-order valence-corrected chi connectivity index (χ3v) is 3.11. The first kappa shape index (κ1) is 17.8. The number of aromatic nitrogens is 2. The highest BCUT2D eigenvalue weighted by atomic mass is 19.1. The Morgan fingerprint density at radius 3 is 2.79 bits per heavy atom. The number of halogens is 1. The smallest absolute Gasteiger partial charge is 0.407 e. The Balaban J connectivity index is 1.97. The number of nitrogens with zero attached hydrogens (tertiary/aromatic N) is 1. The van der Waals surface area contributed by atoms with Gasteiger partial charge in [0.05, 0.1) is 12.7 Å². The number of carbonyl (C=O) groups is 1. The van der Waals surface area contributed by atoms with E-state index in [1.807, 2.05) is 0 Å². The second-order valence-electron chi connectivity index (χ2n) is 6.28. The van der Waals surface area contributed by atoms with Crippen LogP contribution in [0.3, 0.4) is 0 Å². The minimum absolute atomic E-state index is 0.365. The molecule has 1 amide bonds. The van der Waals surface area contributed by atoms with Gasteiger partial charge in [-0.2, -0.15) is 0 Å². The van der Waals surface area contributed by atoms with Crippen molar-refractivity contribution in [1.82, 2.24) is 15.3 Å². The minimum Gasteiger partial charge on any atom is -0.496 e. The molecule has 0 bridgehead atoms. The van der Waals surface area contributed by atoms with Crippen molar-refractivity contribution in [3.8, 4) is 17.1 Å². The lowest BCUT2D eigenvalue weighted by Gasteiger charge is -2.19. The first-order valence-electron chi connectivity index (χ1n) is 7.63. The number of hydrogen-bond donors (Lipinski definition) is 2. The van der Waals surface area contributed by atoms with Crippen molar-refractivity contribution in [1.29, 1.82) is 0 Å². The zero-order chi connectivity index (χ0) is 17.7. The summed E-state index contributed by atoms with van der Waals surface area (Å²) in [7, 11) is 1.52. The number of H-pyrrole nitrogens is 1. The molecule has 0 unspecified atom stereocenters. The lowest BCUT2D eigenvalue weighted by molar-refractivity contribution is 0.0528. The first-order valence-corrected chi connectivity index (χ1v) is 7.63. The molecule has 0 spiro atoms. The molecule has 0 atom stereocenters. The van der Waals surface area contributed by atoms with Crippen molar-refractivity contribution in [2.24, 2.45) is 0 Å². The van der Waals surface area contributed by atoms with E-state index in [9.17, 15) is 9.18 Å². The van der Waals surface area contributed by atoms with E-state index in [1.54, 1.807) is 33.0 Å². The lowest BCUT2D eigenvalue weighted by atomic mass is 10.2. The number of benzene rings is 1. The predicted octanol–water partition coefficient (Wildman–Crippen LogP) is 3.29. The Labute approximate surface area is 140 Å². The van der Waals surface area contributed by atoms with Crippen LogP contribution in [0.5, 0.6) is 5.75 Å². The fraction of sp³-hybridized carbons (Fsp3) is 0.412. The van der Waals surface area contributed by atoms with Crippen molar-refractivity contribution < 1.29 is 18.7 Å². The molecule has 0 aliphatic carbocycles. The first-order chi connectivity index (χ1) is 11.3. The normalized spacial score (nSPS) is 11.2. The van der Waals surface area contributed by atoms with Crippen LogP contribution in [0.1, 0.15) is 26.5 Å². The molecule has 0 saturated carbocycles. The Morgan fingerprint density at radius 1 is 1.38 bits per heavy atom. The molecule has 0 aliphatic heterocycles. The molecule has 2 rings (SSSR count). The van der Waals surface area contributed by atoms with Crippen LogP contribution in [0.25, 0.3) is 11.4 Å². The fourth-order valence-corrected chi connectivity index (χ4v) is 2.10. The van der Waals surface area contributed by atoms with E-state index in [2.05, 4.69) is 15.3 Å². The minimum atomic E-state index is -0.529. The number of aromatic amines is 1. The summed E-state index contributed by atoms with van der Waals surface area (Å²) in [5.74, 6) is 0.679. The van der Waals surface area contributed by atoms with Gasteiger partial charge in [-0.3, -0.25) is 0 Å². The van der Waals surface area contributed by atoms with Gasteiger partial charge in [0.2, 0.25) is 0 Å². The van der Waals surface area contributed by atoms with Crippen LogP contribution < -0.4 is 10.1 Å². The molecular weight excluding hydrogens is 313 g/mol. The molecule has 7 heteroatoms. The quantitative estimate of drug-likeness (QED) is 0.879. The standard InChI is InChI=1S/C17H22FN3O3/c1-17(2,3)24-16(22)19-8-7-12-10-20-15(21-12)13-9-11(18)5-6-14(13)23-4/h5-6,9-10H,7-8H2,1-4H3,(H,19,22)(H,20,21). The lowest BCUT2D eigenvalue weighted by Crippen LogP contribution is -2.33. The highest BCUT2D eigenvalue weighted by Gasteiger charge is 2.16. The molecule has 0 saturated heterocycles. The summed E-state index contributed by atoms with van der Waals surface area (Å²) in [5, 5.41) is 2.67. The maximum absolute atomic E-state index is 13.4. The van der Waals surface area contributed by atoms with E-state index in [-0.39, 0.29) is 5.82 Å². The van der Waals surface area contributed by atoms with Crippen molar-refractivity contribution >= 4 is 6.09 Å². The van der Waals surface area contributed by atoms with Crippen molar-refractivity contribution in [2.75, 3.05) is 13.7 Å². The van der Waals surface area contributed by atoms with Gasteiger partial charge in [0.1, 0.15) is 23.0 Å². The molecule has 130 valence electrons. The van der Waals surface area contributed by atoms with Crippen LogP contribution in [0.15, 0.2) is 24.4 Å². The van der Waals surface area contributed by atoms with E-state index in [0.717, 1.165) is 5.69 Å². The molecule has 2 N–H and O–H groups in total. The Morgan fingerprint density at radius 2 is 2.12 bits per heavy atom. The average Bonchev–Trinajstić information content (AvgIpc) is 2.94. The molecule has 0 fully saturated rings. The summed E-state index contributed by atoms with van der Waals surface area (Å²) < 4.78 is 23.8. The second-order valence-corrected chi connectivity index (χ2v) is 6.28. The zero-order valence-corrected chi connectivity index (χ0v) is 14.3. The SMILES string of the molecule is COc1ccc(F)cc1-c1ncc(CCNC(=O)OC(C)(C)C)[nH]1. The van der Waals surface area contributed by atoms with Crippen LogP contribution >= 0.6 is 0 Å². The number of hydrogen-bond acceptors (Lipinski definition) is 4. The van der Waals surface area contributed by atoms with Gasteiger partial charge in [-0.15, -0.1) is 0 Å². The summed E-state index contributed by atoms with van der Waals surface area (Å²) in [4.78, 5) is 18.9. The van der Waals surface area contributed by atoms with E-state index >= 15 is 0 Å². The number of carbonyl (C=O) groups excluding carboxylic acids is 1. The topological polar surface area (TPSA) is 76.2 Å². The van der Waals surface area contributed by atoms with Gasteiger partial charge < -0.3 is 19.8 Å². The average molecular weight is 335 g/mol. The van der Waals surface area contributed by atoms with Gasteiger partial charge in [-0.25, -0.2) is 14.2 Å². The van der Waals surface area contributed by atoms with Crippen LogP contribution in [0.2, 0.25) is 0 Å². The fourth-order valence-electron chi connectivity index (χ4n) is 2.10. The summed E-state index contributed by atoms with van der Waals surface area (Å²) in [6.07, 6.45) is 1.73. The van der Waals surface area contributed by atoms with Gasteiger partial charge in [-0.05, 0) is 39.0 Å². The van der Waals surface area contributed by atoms with Gasteiger partial charge in [0.15, 0.2) is 0 Å². The zero-order valence-electron chi connectivity index (χ0n) is 14.3. The van der Waals surface area contributed by atoms with Crippen LogP contribution in [0, 0.1) is 5.82 Å². The second kappa shape index (κ2) is 7.33. The molecule has 0 radical (unpaired) electrons.